The van der Waals surface area contributed by atoms with E-state index in [-0.39, 0.29) is 0 Å². The Hall–Kier alpha value is -1.26. The van der Waals surface area contributed by atoms with Gasteiger partial charge < -0.3 is 15.2 Å². The van der Waals surface area contributed by atoms with Crippen molar-refractivity contribution in [3.63, 3.8) is 0 Å². The molecule has 1 fully saturated rings. The number of ether oxygens (including phenoxy) is 2. The minimum atomic E-state index is 0.364. The number of hydrogen-bond acceptors (Lipinski definition) is 4. The molecule has 0 aromatic heterocycles. The van der Waals surface area contributed by atoms with Crippen molar-refractivity contribution in [3.8, 4) is 11.5 Å². The number of rotatable bonds is 5. The van der Waals surface area contributed by atoms with Gasteiger partial charge >= 0.3 is 0 Å². The fraction of sp³-hybridized carbons (Fsp3) is 0.625. The van der Waals surface area contributed by atoms with Crippen LogP contribution in [0, 0.1) is 5.92 Å². The summed E-state index contributed by atoms with van der Waals surface area (Å²) in [6.07, 6.45) is 2.02. The third kappa shape index (κ3) is 2.63. The van der Waals surface area contributed by atoms with Crippen molar-refractivity contribution < 1.29 is 9.47 Å². The normalized spacial score (nSPS) is 23.1. The average molecular weight is 278 g/mol. The number of likely N-dealkylation sites (tertiary alicyclic amines) is 1. The largest absolute Gasteiger partial charge is 0.496 e. The van der Waals surface area contributed by atoms with Crippen LogP contribution in [-0.4, -0.2) is 39.3 Å². The molecule has 1 aromatic rings. The van der Waals surface area contributed by atoms with Crippen LogP contribution < -0.4 is 15.2 Å². The van der Waals surface area contributed by atoms with Crippen molar-refractivity contribution in [2.24, 2.45) is 11.7 Å². The van der Waals surface area contributed by atoms with E-state index in [1.807, 2.05) is 12.1 Å². The van der Waals surface area contributed by atoms with Gasteiger partial charge in [0.1, 0.15) is 11.5 Å². The van der Waals surface area contributed by atoms with E-state index >= 15 is 0 Å². The lowest BCUT2D eigenvalue weighted by Gasteiger charge is -2.25. The highest BCUT2D eigenvalue weighted by Gasteiger charge is 2.33. The van der Waals surface area contributed by atoms with E-state index in [1.165, 1.54) is 11.1 Å². The van der Waals surface area contributed by atoms with E-state index in [9.17, 15) is 0 Å². The lowest BCUT2D eigenvalue weighted by atomic mass is 9.93. The molecule has 2 atom stereocenters. The van der Waals surface area contributed by atoms with Crippen LogP contribution in [0.1, 0.15) is 30.5 Å². The zero-order valence-electron chi connectivity index (χ0n) is 13.0. The van der Waals surface area contributed by atoms with Gasteiger partial charge in [-0.1, -0.05) is 6.92 Å². The minimum absolute atomic E-state index is 0.364. The molecule has 2 N–H and O–H groups in total. The summed E-state index contributed by atoms with van der Waals surface area (Å²) < 4.78 is 11.1. The molecule has 1 aliphatic rings. The zero-order chi connectivity index (χ0) is 14.7. The third-order valence-electron chi connectivity index (χ3n) is 4.37. The molecule has 0 amide bonds. The maximum Gasteiger partial charge on any atom is 0.124 e. The molecule has 1 heterocycles. The molecular weight excluding hydrogens is 252 g/mol. The summed E-state index contributed by atoms with van der Waals surface area (Å²) in [4.78, 5) is 2.38. The molecule has 4 nitrogen and oxygen atoms in total. The molecule has 0 aliphatic carbocycles. The Bertz CT molecular complexity index is 462. The second kappa shape index (κ2) is 6.46. The van der Waals surface area contributed by atoms with Gasteiger partial charge in [-0.15, -0.1) is 0 Å². The molecule has 4 heteroatoms. The van der Waals surface area contributed by atoms with Gasteiger partial charge in [-0.05, 0) is 44.5 Å². The molecule has 0 bridgehead atoms. The van der Waals surface area contributed by atoms with Crippen molar-refractivity contribution in [1.82, 2.24) is 4.90 Å². The highest BCUT2D eigenvalue weighted by atomic mass is 16.5. The van der Waals surface area contributed by atoms with Gasteiger partial charge in [-0.25, -0.2) is 0 Å². The second-order valence-corrected chi connectivity index (χ2v) is 5.51. The minimum Gasteiger partial charge on any atom is -0.496 e. The van der Waals surface area contributed by atoms with Crippen LogP contribution in [0.2, 0.25) is 0 Å². The highest BCUT2D eigenvalue weighted by molar-refractivity contribution is 5.50. The molecule has 0 radical (unpaired) electrons. The van der Waals surface area contributed by atoms with Crippen molar-refractivity contribution in [3.05, 3.63) is 23.3 Å². The van der Waals surface area contributed by atoms with Crippen LogP contribution in [0.15, 0.2) is 12.1 Å². The van der Waals surface area contributed by atoms with E-state index in [1.54, 1.807) is 14.2 Å². The standard InChI is InChI=1S/C16H26N2O2/c1-5-12-14(19-3)6-7-15(20-4)16(12)13-8-11(9-17)10-18(13)2/h6-7,11,13H,5,8-10,17H2,1-4H3. The van der Waals surface area contributed by atoms with E-state index in [4.69, 9.17) is 15.2 Å². The van der Waals surface area contributed by atoms with Gasteiger partial charge in [0.25, 0.3) is 0 Å². The number of hydrogen-bond donors (Lipinski definition) is 1. The third-order valence-corrected chi connectivity index (χ3v) is 4.37. The lowest BCUT2D eigenvalue weighted by Crippen LogP contribution is -2.21. The lowest BCUT2D eigenvalue weighted by molar-refractivity contribution is 0.299. The second-order valence-electron chi connectivity index (χ2n) is 5.51. The Kier molecular flexibility index (Phi) is 4.89. The first-order valence-electron chi connectivity index (χ1n) is 7.30. The van der Waals surface area contributed by atoms with Crippen molar-refractivity contribution in [2.45, 2.75) is 25.8 Å². The van der Waals surface area contributed by atoms with Crippen LogP contribution in [0.4, 0.5) is 0 Å². The molecule has 112 valence electrons. The molecule has 0 spiro atoms. The fourth-order valence-corrected chi connectivity index (χ4v) is 3.34. The first-order chi connectivity index (χ1) is 9.65. The number of nitrogens with two attached hydrogens (primary N) is 1. The SMILES string of the molecule is CCc1c(OC)ccc(OC)c1C1CC(CN)CN1C. The Balaban J connectivity index is 2.48. The molecule has 2 unspecified atom stereocenters. The highest BCUT2D eigenvalue weighted by Crippen LogP contribution is 2.43. The van der Waals surface area contributed by atoms with Gasteiger partial charge in [-0.2, -0.15) is 0 Å². The van der Waals surface area contributed by atoms with Gasteiger partial charge in [0.05, 0.1) is 14.2 Å². The molecule has 1 saturated heterocycles. The van der Waals surface area contributed by atoms with Gasteiger partial charge in [-0.3, -0.25) is 4.90 Å². The quantitative estimate of drug-likeness (QED) is 0.897. The Labute approximate surface area is 121 Å². The van der Waals surface area contributed by atoms with Crippen molar-refractivity contribution >= 4 is 0 Å². The summed E-state index contributed by atoms with van der Waals surface area (Å²) in [7, 11) is 5.63. The Morgan fingerprint density at radius 2 is 1.90 bits per heavy atom. The van der Waals surface area contributed by atoms with Gasteiger partial charge in [0, 0.05) is 23.7 Å². The zero-order valence-corrected chi connectivity index (χ0v) is 13.0. The van der Waals surface area contributed by atoms with Crippen LogP contribution in [0.3, 0.4) is 0 Å². The van der Waals surface area contributed by atoms with Crippen molar-refractivity contribution in [1.29, 1.82) is 0 Å². The number of nitrogens with zero attached hydrogens (tertiary/aromatic N) is 1. The van der Waals surface area contributed by atoms with E-state index in [0.29, 0.717) is 12.0 Å². The Morgan fingerprint density at radius 1 is 1.25 bits per heavy atom. The maximum absolute atomic E-state index is 5.85. The molecule has 2 rings (SSSR count). The van der Waals surface area contributed by atoms with Crippen LogP contribution in [-0.2, 0) is 6.42 Å². The molecule has 1 aromatic carbocycles. The number of methoxy groups -OCH3 is 2. The molecule has 0 saturated carbocycles. The maximum atomic E-state index is 5.85. The number of benzene rings is 1. The van der Waals surface area contributed by atoms with Crippen LogP contribution >= 0.6 is 0 Å². The van der Waals surface area contributed by atoms with E-state index in [0.717, 1.165) is 37.4 Å². The molecule has 1 aliphatic heterocycles. The predicted octanol–water partition coefficient (Wildman–Crippen LogP) is 2.22. The summed E-state index contributed by atoms with van der Waals surface area (Å²) in [5.74, 6) is 2.47. The smallest absolute Gasteiger partial charge is 0.124 e. The van der Waals surface area contributed by atoms with Crippen molar-refractivity contribution in [2.75, 3.05) is 34.4 Å². The summed E-state index contributed by atoms with van der Waals surface area (Å²) in [6.45, 7) is 3.95. The average Bonchev–Trinajstić information content (AvgIpc) is 2.86. The summed E-state index contributed by atoms with van der Waals surface area (Å²) in [5, 5.41) is 0. The first kappa shape index (κ1) is 15.1. The summed E-state index contributed by atoms with van der Waals surface area (Å²) in [5.41, 5.74) is 8.37. The van der Waals surface area contributed by atoms with Crippen LogP contribution in [0.5, 0.6) is 11.5 Å². The van der Waals surface area contributed by atoms with Gasteiger partial charge in [0.2, 0.25) is 0 Å². The van der Waals surface area contributed by atoms with Crippen LogP contribution in [0.25, 0.3) is 0 Å². The Morgan fingerprint density at radius 3 is 2.40 bits per heavy atom. The fourth-order valence-electron chi connectivity index (χ4n) is 3.34. The molecular formula is C16H26N2O2. The summed E-state index contributed by atoms with van der Waals surface area (Å²) >= 11 is 0. The topological polar surface area (TPSA) is 47.7 Å². The predicted molar refractivity (Wildman–Crippen MR) is 81.5 cm³/mol. The monoisotopic (exact) mass is 278 g/mol. The van der Waals surface area contributed by atoms with E-state index in [2.05, 4.69) is 18.9 Å². The van der Waals surface area contributed by atoms with E-state index < -0.39 is 0 Å². The first-order valence-corrected chi connectivity index (χ1v) is 7.30. The molecule has 20 heavy (non-hydrogen) atoms. The van der Waals surface area contributed by atoms with Gasteiger partial charge in [0.15, 0.2) is 0 Å². The summed E-state index contributed by atoms with van der Waals surface area (Å²) in [6, 6.07) is 4.37.